The largest absolute Gasteiger partial charge is 0.497 e. The lowest BCUT2D eigenvalue weighted by molar-refractivity contribution is -0.129. The second kappa shape index (κ2) is 5.21. The van der Waals surface area contributed by atoms with Crippen molar-refractivity contribution >= 4 is 11.6 Å². The van der Waals surface area contributed by atoms with E-state index in [0.29, 0.717) is 0 Å². The molecule has 1 aromatic rings. The molecule has 0 radical (unpaired) electrons. The Morgan fingerprint density at radius 1 is 1.16 bits per heavy atom. The Morgan fingerprint density at radius 2 is 1.63 bits per heavy atom. The van der Waals surface area contributed by atoms with Gasteiger partial charge in [-0.2, -0.15) is 0 Å². The fourth-order valence-corrected chi connectivity index (χ4v) is 1.62. The number of rotatable bonds is 4. The van der Waals surface area contributed by atoms with Gasteiger partial charge in [-0.15, -0.1) is 0 Å². The van der Waals surface area contributed by atoms with Crippen molar-refractivity contribution in [2.24, 2.45) is 11.1 Å². The molecule has 4 nitrogen and oxygen atoms in total. The van der Waals surface area contributed by atoms with Gasteiger partial charge in [0, 0.05) is 18.3 Å². The van der Waals surface area contributed by atoms with Crippen LogP contribution in [0.4, 0.5) is 5.69 Å². The first kappa shape index (κ1) is 15.5. The van der Waals surface area contributed by atoms with E-state index in [1.165, 1.54) is 0 Å². The summed E-state index contributed by atoms with van der Waals surface area (Å²) in [5, 5.41) is 0. The van der Waals surface area contributed by atoms with Gasteiger partial charge in [0.25, 0.3) is 0 Å². The average Bonchev–Trinajstić information content (AvgIpc) is 2.35. The molecular weight excluding hydrogens is 240 g/mol. The Bertz CT molecular complexity index is 444. The van der Waals surface area contributed by atoms with E-state index in [2.05, 4.69) is 0 Å². The van der Waals surface area contributed by atoms with Crippen LogP contribution in [0.5, 0.6) is 5.75 Å². The highest BCUT2D eigenvalue weighted by Crippen LogP contribution is 2.32. The van der Waals surface area contributed by atoms with Crippen LogP contribution in [0.3, 0.4) is 0 Å². The zero-order valence-corrected chi connectivity index (χ0v) is 12.7. The van der Waals surface area contributed by atoms with Gasteiger partial charge in [-0.25, -0.2) is 0 Å². The fraction of sp³-hybridized carbons (Fsp3) is 0.533. The highest BCUT2D eigenvalue weighted by molar-refractivity contribution is 5.97. The van der Waals surface area contributed by atoms with Crippen molar-refractivity contribution in [1.29, 1.82) is 0 Å². The number of nitrogens with zero attached hydrogens (tertiary/aromatic N) is 1. The van der Waals surface area contributed by atoms with E-state index in [4.69, 9.17) is 10.5 Å². The van der Waals surface area contributed by atoms with Crippen LogP contribution in [0.25, 0.3) is 0 Å². The molecule has 1 rings (SSSR count). The molecule has 0 spiro atoms. The molecule has 0 fully saturated rings. The third-order valence-electron chi connectivity index (χ3n) is 3.91. The number of hydrogen-bond acceptors (Lipinski definition) is 3. The number of benzene rings is 1. The SMILES string of the molecule is COc1ccc(N(C)C(=O)C(C)(C)C(C)(C)N)cc1. The molecule has 0 aromatic heterocycles. The number of anilines is 1. The van der Waals surface area contributed by atoms with E-state index < -0.39 is 11.0 Å². The molecule has 0 aliphatic heterocycles. The first-order chi connectivity index (χ1) is 8.61. The van der Waals surface area contributed by atoms with E-state index in [0.717, 1.165) is 11.4 Å². The van der Waals surface area contributed by atoms with Gasteiger partial charge in [0.05, 0.1) is 12.5 Å². The van der Waals surface area contributed by atoms with Gasteiger partial charge in [0.1, 0.15) is 5.75 Å². The first-order valence-electron chi connectivity index (χ1n) is 6.32. The predicted molar refractivity (Wildman–Crippen MR) is 78.5 cm³/mol. The van der Waals surface area contributed by atoms with Gasteiger partial charge in [-0.3, -0.25) is 4.79 Å². The molecule has 19 heavy (non-hydrogen) atoms. The second-order valence-electron chi connectivity index (χ2n) is 5.91. The Labute approximate surface area is 115 Å². The third kappa shape index (κ3) is 3.07. The standard InChI is InChI=1S/C15H24N2O2/c1-14(2,15(3,4)16)13(18)17(5)11-7-9-12(19-6)10-8-11/h7-10H,16H2,1-6H3. The first-order valence-corrected chi connectivity index (χ1v) is 6.32. The smallest absolute Gasteiger partial charge is 0.234 e. The maximum Gasteiger partial charge on any atom is 0.234 e. The molecule has 1 amide bonds. The van der Waals surface area contributed by atoms with Gasteiger partial charge < -0.3 is 15.4 Å². The van der Waals surface area contributed by atoms with Crippen LogP contribution >= 0.6 is 0 Å². The van der Waals surface area contributed by atoms with Crippen LogP contribution in [0.15, 0.2) is 24.3 Å². The Hall–Kier alpha value is -1.55. The summed E-state index contributed by atoms with van der Waals surface area (Å²) in [6.07, 6.45) is 0. The second-order valence-corrected chi connectivity index (χ2v) is 5.91. The molecule has 0 saturated heterocycles. The highest BCUT2D eigenvalue weighted by atomic mass is 16.5. The van der Waals surface area contributed by atoms with Crippen LogP contribution in [0.2, 0.25) is 0 Å². The molecule has 0 atom stereocenters. The Morgan fingerprint density at radius 3 is 2.00 bits per heavy atom. The quantitative estimate of drug-likeness (QED) is 0.908. The van der Waals surface area contributed by atoms with E-state index in [-0.39, 0.29) is 5.91 Å². The molecule has 0 saturated carbocycles. The number of ether oxygens (including phenoxy) is 1. The van der Waals surface area contributed by atoms with Gasteiger partial charge in [0.2, 0.25) is 5.91 Å². The molecule has 4 heteroatoms. The molecular formula is C15H24N2O2. The summed E-state index contributed by atoms with van der Waals surface area (Å²) >= 11 is 0. The molecule has 2 N–H and O–H groups in total. The summed E-state index contributed by atoms with van der Waals surface area (Å²) < 4.78 is 5.11. The number of amides is 1. The van der Waals surface area contributed by atoms with Gasteiger partial charge >= 0.3 is 0 Å². The lowest BCUT2D eigenvalue weighted by atomic mass is 9.74. The van der Waals surface area contributed by atoms with Crippen molar-refractivity contribution in [2.75, 3.05) is 19.1 Å². The summed E-state index contributed by atoms with van der Waals surface area (Å²) in [4.78, 5) is 14.2. The molecule has 0 heterocycles. The molecule has 1 aromatic carbocycles. The number of methoxy groups -OCH3 is 1. The maximum absolute atomic E-state index is 12.6. The van der Waals surface area contributed by atoms with E-state index >= 15 is 0 Å². The average molecular weight is 264 g/mol. The predicted octanol–water partition coefficient (Wildman–Crippen LogP) is 2.42. The van der Waals surface area contributed by atoms with E-state index in [1.54, 1.807) is 19.1 Å². The highest BCUT2D eigenvalue weighted by Gasteiger charge is 2.42. The lowest BCUT2D eigenvalue weighted by Gasteiger charge is -2.39. The van der Waals surface area contributed by atoms with Crippen molar-refractivity contribution in [3.05, 3.63) is 24.3 Å². The van der Waals surface area contributed by atoms with Crippen molar-refractivity contribution in [2.45, 2.75) is 33.2 Å². The van der Waals surface area contributed by atoms with Crippen LogP contribution in [-0.2, 0) is 4.79 Å². The molecule has 0 aliphatic rings. The number of hydrogen-bond donors (Lipinski definition) is 1. The van der Waals surface area contributed by atoms with E-state index in [1.807, 2.05) is 52.0 Å². The monoisotopic (exact) mass is 264 g/mol. The van der Waals surface area contributed by atoms with Crippen LogP contribution in [0, 0.1) is 5.41 Å². The molecule has 0 unspecified atom stereocenters. The number of nitrogens with two attached hydrogens (primary N) is 1. The zero-order valence-electron chi connectivity index (χ0n) is 12.7. The Balaban J connectivity index is 2.99. The molecule has 0 aliphatic carbocycles. The molecule has 106 valence electrons. The van der Waals surface area contributed by atoms with Crippen molar-refractivity contribution < 1.29 is 9.53 Å². The van der Waals surface area contributed by atoms with Gasteiger partial charge in [-0.1, -0.05) is 0 Å². The van der Waals surface area contributed by atoms with Crippen LogP contribution in [0.1, 0.15) is 27.7 Å². The molecule has 0 bridgehead atoms. The maximum atomic E-state index is 12.6. The summed E-state index contributed by atoms with van der Waals surface area (Å²) in [5.74, 6) is 0.758. The van der Waals surface area contributed by atoms with Crippen LogP contribution < -0.4 is 15.4 Å². The minimum atomic E-state index is -0.651. The lowest BCUT2D eigenvalue weighted by Crippen LogP contribution is -2.56. The van der Waals surface area contributed by atoms with Crippen LogP contribution in [-0.4, -0.2) is 25.6 Å². The summed E-state index contributed by atoms with van der Waals surface area (Å²) in [6.45, 7) is 7.48. The normalized spacial score (nSPS) is 12.2. The minimum absolute atomic E-state index is 0.00910. The van der Waals surface area contributed by atoms with E-state index in [9.17, 15) is 4.79 Å². The van der Waals surface area contributed by atoms with Crippen molar-refractivity contribution in [3.63, 3.8) is 0 Å². The summed E-state index contributed by atoms with van der Waals surface area (Å²) in [7, 11) is 3.38. The van der Waals surface area contributed by atoms with Crippen molar-refractivity contribution in [1.82, 2.24) is 0 Å². The minimum Gasteiger partial charge on any atom is -0.497 e. The summed E-state index contributed by atoms with van der Waals surface area (Å²) in [5.41, 5.74) is 5.69. The topological polar surface area (TPSA) is 55.6 Å². The fourth-order valence-electron chi connectivity index (χ4n) is 1.62. The third-order valence-corrected chi connectivity index (χ3v) is 3.91. The Kier molecular flexibility index (Phi) is 4.25. The van der Waals surface area contributed by atoms with Gasteiger partial charge in [0.15, 0.2) is 0 Å². The zero-order chi connectivity index (χ0) is 14.8. The number of carbonyl (C=O) groups excluding carboxylic acids is 1. The summed E-state index contributed by atoms with van der Waals surface area (Å²) in [6, 6.07) is 7.38. The van der Waals surface area contributed by atoms with Crippen molar-refractivity contribution in [3.8, 4) is 5.75 Å². The van der Waals surface area contributed by atoms with Gasteiger partial charge in [-0.05, 0) is 52.0 Å². The number of carbonyl (C=O) groups is 1.